The Bertz CT molecular complexity index is 343. The monoisotopic (exact) mass is 233 g/mol. The van der Waals surface area contributed by atoms with Crippen LogP contribution in [-0.4, -0.2) is 35.6 Å². The number of nitrogens with zero attached hydrogens (tertiary/aromatic N) is 2. The maximum Gasteiger partial charge on any atom is 0.0573 e. The van der Waals surface area contributed by atoms with Gasteiger partial charge in [-0.25, -0.2) is 0 Å². The molecule has 3 nitrogen and oxygen atoms in total. The molecule has 17 heavy (non-hydrogen) atoms. The van der Waals surface area contributed by atoms with Crippen LogP contribution in [-0.2, 0) is 6.54 Å². The molecule has 0 spiro atoms. The summed E-state index contributed by atoms with van der Waals surface area (Å²) in [6.45, 7) is 8.80. The van der Waals surface area contributed by atoms with Crippen molar-refractivity contribution in [2.45, 2.75) is 39.3 Å². The van der Waals surface area contributed by atoms with Gasteiger partial charge in [-0.15, -0.1) is 0 Å². The molecule has 1 aromatic heterocycles. The first-order valence-corrected chi connectivity index (χ1v) is 6.66. The summed E-state index contributed by atoms with van der Waals surface area (Å²) in [5.74, 6) is 0. The molecule has 0 aromatic carbocycles. The second-order valence-corrected chi connectivity index (χ2v) is 4.88. The molecule has 0 atom stereocenters. The lowest BCUT2D eigenvalue weighted by atomic mass is 10.0. The summed E-state index contributed by atoms with van der Waals surface area (Å²) in [4.78, 5) is 6.99. The van der Waals surface area contributed by atoms with E-state index in [4.69, 9.17) is 0 Å². The minimum atomic E-state index is 0.723. The van der Waals surface area contributed by atoms with E-state index in [1.165, 1.54) is 37.2 Å². The fraction of sp³-hybridized carbons (Fsp3) is 0.643. The second-order valence-electron chi connectivity index (χ2n) is 4.88. The summed E-state index contributed by atoms with van der Waals surface area (Å²) >= 11 is 0. The van der Waals surface area contributed by atoms with Gasteiger partial charge >= 0.3 is 0 Å². The number of hydrogen-bond acceptors (Lipinski definition) is 3. The molecule has 2 heterocycles. The summed E-state index contributed by atoms with van der Waals surface area (Å²) < 4.78 is 0. The van der Waals surface area contributed by atoms with Gasteiger partial charge in [0.2, 0.25) is 0 Å². The van der Waals surface area contributed by atoms with Crippen LogP contribution in [0.2, 0.25) is 0 Å². The molecule has 0 saturated carbocycles. The number of nitrogens with one attached hydrogen (secondary N) is 1. The van der Waals surface area contributed by atoms with Crippen LogP contribution in [0.15, 0.2) is 18.3 Å². The van der Waals surface area contributed by atoms with E-state index < -0.39 is 0 Å². The van der Waals surface area contributed by atoms with E-state index in [-0.39, 0.29) is 0 Å². The molecule has 0 unspecified atom stereocenters. The minimum absolute atomic E-state index is 0.723. The fourth-order valence-electron chi connectivity index (χ4n) is 2.48. The molecular formula is C14H23N3. The fourth-order valence-corrected chi connectivity index (χ4v) is 2.48. The van der Waals surface area contributed by atoms with Crippen LogP contribution in [0, 0.1) is 6.92 Å². The zero-order valence-electron chi connectivity index (χ0n) is 10.9. The summed E-state index contributed by atoms with van der Waals surface area (Å²) in [5.41, 5.74) is 2.54. The number of aromatic nitrogens is 1. The summed E-state index contributed by atoms with van der Waals surface area (Å²) in [6, 6.07) is 4.88. The molecule has 1 N–H and O–H groups in total. The van der Waals surface area contributed by atoms with Gasteiger partial charge < -0.3 is 5.32 Å². The van der Waals surface area contributed by atoms with Gasteiger partial charge in [-0.1, -0.05) is 13.0 Å². The van der Waals surface area contributed by atoms with Crippen molar-refractivity contribution in [2.24, 2.45) is 0 Å². The second kappa shape index (κ2) is 6.12. The zero-order valence-corrected chi connectivity index (χ0v) is 10.9. The van der Waals surface area contributed by atoms with Gasteiger partial charge in [0, 0.05) is 31.9 Å². The number of aryl methyl sites for hydroxylation is 1. The van der Waals surface area contributed by atoms with Gasteiger partial charge in [-0.3, -0.25) is 9.88 Å². The maximum atomic E-state index is 4.47. The average molecular weight is 233 g/mol. The SMILES string of the molecule is CCNC1CCN(Cc2ncccc2C)CC1. The van der Waals surface area contributed by atoms with Crippen LogP contribution < -0.4 is 5.32 Å². The third-order valence-corrected chi connectivity index (χ3v) is 3.57. The summed E-state index contributed by atoms with van der Waals surface area (Å²) in [6.07, 6.45) is 4.42. The Morgan fingerprint density at radius 1 is 1.41 bits per heavy atom. The van der Waals surface area contributed by atoms with Crippen molar-refractivity contribution in [3.63, 3.8) is 0 Å². The molecule has 3 heteroatoms. The standard InChI is InChI=1S/C14H23N3/c1-3-15-13-6-9-17(10-7-13)11-14-12(2)5-4-8-16-14/h4-5,8,13,15H,3,6-7,9-11H2,1-2H3. The Labute approximate surface area is 104 Å². The van der Waals surface area contributed by atoms with E-state index in [2.05, 4.69) is 35.1 Å². The third-order valence-electron chi connectivity index (χ3n) is 3.57. The highest BCUT2D eigenvalue weighted by Crippen LogP contribution is 2.14. The maximum absolute atomic E-state index is 4.47. The lowest BCUT2D eigenvalue weighted by Crippen LogP contribution is -2.42. The highest BCUT2D eigenvalue weighted by Gasteiger charge is 2.18. The van der Waals surface area contributed by atoms with Gasteiger partial charge in [0.05, 0.1) is 5.69 Å². The molecule has 0 amide bonds. The molecule has 2 rings (SSSR count). The Hall–Kier alpha value is -0.930. The normalized spacial score (nSPS) is 18.5. The molecule has 1 aromatic rings. The Morgan fingerprint density at radius 3 is 2.82 bits per heavy atom. The third kappa shape index (κ3) is 3.51. The molecule has 0 bridgehead atoms. The van der Waals surface area contributed by atoms with Crippen LogP contribution in [0.5, 0.6) is 0 Å². The largest absolute Gasteiger partial charge is 0.314 e. The molecule has 1 fully saturated rings. The number of piperidine rings is 1. The number of rotatable bonds is 4. The van der Waals surface area contributed by atoms with E-state index in [0.29, 0.717) is 0 Å². The molecule has 1 aliphatic rings. The number of pyridine rings is 1. The van der Waals surface area contributed by atoms with Gasteiger partial charge in [0.1, 0.15) is 0 Å². The van der Waals surface area contributed by atoms with Crippen LogP contribution in [0.4, 0.5) is 0 Å². The predicted octanol–water partition coefficient (Wildman–Crippen LogP) is 1.96. The van der Waals surface area contributed by atoms with Crippen molar-refractivity contribution in [3.05, 3.63) is 29.6 Å². The Kier molecular flexibility index (Phi) is 4.51. The molecular weight excluding hydrogens is 210 g/mol. The van der Waals surface area contributed by atoms with Crippen molar-refractivity contribution in [1.82, 2.24) is 15.2 Å². The van der Waals surface area contributed by atoms with Crippen molar-refractivity contribution < 1.29 is 0 Å². The molecule has 0 radical (unpaired) electrons. The number of hydrogen-bond donors (Lipinski definition) is 1. The predicted molar refractivity (Wildman–Crippen MR) is 70.9 cm³/mol. The van der Waals surface area contributed by atoms with E-state index in [9.17, 15) is 0 Å². The lowest BCUT2D eigenvalue weighted by Gasteiger charge is -2.32. The van der Waals surface area contributed by atoms with Gasteiger partial charge in [-0.05, 0) is 37.9 Å². The molecule has 1 saturated heterocycles. The smallest absolute Gasteiger partial charge is 0.0573 e. The van der Waals surface area contributed by atoms with Crippen molar-refractivity contribution in [3.8, 4) is 0 Å². The lowest BCUT2D eigenvalue weighted by molar-refractivity contribution is 0.189. The van der Waals surface area contributed by atoms with Crippen molar-refractivity contribution in [2.75, 3.05) is 19.6 Å². The Balaban J connectivity index is 1.84. The first-order valence-electron chi connectivity index (χ1n) is 6.66. The van der Waals surface area contributed by atoms with Crippen molar-refractivity contribution >= 4 is 0 Å². The van der Waals surface area contributed by atoms with E-state index in [0.717, 1.165) is 19.1 Å². The van der Waals surface area contributed by atoms with Gasteiger partial charge in [0.15, 0.2) is 0 Å². The van der Waals surface area contributed by atoms with E-state index in [1.54, 1.807) is 0 Å². The quantitative estimate of drug-likeness (QED) is 0.861. The summed E-state index contributed by atoms with van der Waals surface area (Å²) in [5, 5.41) is 3.54. The van der Waals surface area contributed by atoms with Crippen LogP contribution in [0.25, 0.3) is 0 Å². The van der Waals surface area contributed by atoms with E-state index in [1.807, 2.05) is 12.3 Å². The first kappa shape index (κ1) is 12.5. The Morgan fingerprint density at radius 2 is 2.18 bits per heavy atom. The van der Waals surface area contributed by atoms with E-state index >= 15 is 0 Å². The number of likely N-dealkylation sites (tertiary alicyclic amines) is 1. The van der Waals surface area contributed by atoms with Gasteiger partial charge in [-0.2, -0.15) is 0 Å². The van der Waals surface area contributed by atoms with Crippen molar-refractivity contribution in [1.29, 1.82) is 0 Å². The van der Waals surface area contributed by atoms with Crippen LogP contribution >= 0.6 is 0 Å². The highest BCUT2D eigenvalue weighted by atomic mass is 15.1. The topological polar surface area (TPSA) is 28.2 Å². The zero-order chi connectivity index (χ0) is 12.1. The molecule has 1 aliphatic heterocycles. The van der Waals surface area contributed by atoms with Crippen LogP contribution in [0.1, 0.15) is 31.0 Å². The first-order chi connectivity index (χ1) is 8.29. The highest BCUT2D eigenvalue weighted by molar-refractivity contribution is 5.17. The summed E-state index contributed by atoms with van der Waals surface area (Å²) in [7, 11) is 0. The minimum Gasteiger partial charge on any atom is -0.314 e. The van der Waals surface area contributed by atoms with Crippen LogP contribution in [0.3, 0.4) is 0 Å². The average Bonchev–Trinajstić information content (AvgIpc) is 2.35. The molecule has 0 aliphatic carbocycles. The van der Waals surface area contributed by atoms with Gasteiger partial charge in [0.25, 0.3) is 0 Å². The molecule has 94 valence electrons.